The highest BCUT2D eigenvalue weighted by Gasteiger charge is 2.15. The molecule has 256 valence electrons. The fourth-order valence-corrected chi connectivity index (χ4v) is 4.89. The average Bonchev–Trinajstić information content (AvgIpc) is 3.09. The Bertz CT molecular complexity index is 1300. The lowest BCUT2D eigenvalue weighted by molar-refractivity contribution is 0.0719. The molecule has 47 heavy (non-hydrogen) atoms. The van der Waals surface area contributed by atoms with Crippen LogP contribution in [0.4, 0.5) is 0 Å². The zero-order valence-corrected chi connectivity index (χ0v) is 28.7. The molecule has 0 spiro atoms. The minimum Gasteiger partial charge on any atom is -0.494 e. The first-order valence-corrected chi connectivity index (χ1v) is 17.7. The number of benzene rings is 3. The van der Waals surface area contributed by atoms with Crippen molar-refractivity contribution in [2.24, 2.45) is 0 Å². The van der Waals surface area contributed by atoms with Crippen molar-refractivity contribution in [3.05, 3.63) is 77.9 Å². The lowest BCUT2D eigenvalue weighted by Crippen LogP contribution is -2.10. The Kier molecular flexibility index (Phi) is 17.9. The highest BCUT2D eigenvalue weighted by Crippen LogP contribution is 2.30. The van der Waals surface area contributed by atoms with Crippen LogP contribution in [0.2, 0.25) is 0 Å². The van der Waals surface area contributed by atoms with Crippen LogP contribution in [0.25, 0.3) is 0 Å². The van der Waals surface area contributed by atoms with Gasteiger partial charge in [0, 0.05) is 0 Å². The summed E-state index contributed by atoms with van der Waals surface area (Å²) in [5, 5.41) is 0. The number of ether oxygens (including phenoxy) is 5. The van der Waals surface area contributed by atoms with E-state index in [9.17, 15) is 9.59 Å². The Hall–Kier alpha value is -4.00. The van der Waals surface area contributed by atoms with Gasteiger partial charge in [0.15, 0.2) is 11.5 Å². The van der Waals surface area contributed by atoms with Crippen molar-refractivity contribution < 1.29 is 33.3 Å². The molecule has 0 N–H and O–H groups in total. The van der Waals surface area contributed by atoms with Gasteiger partial charge in [-0.3, -0.25) is 0 Å². The highest BCUT2D eigenvalue weighted by atomic mass is 16.5. The summed E-state index contributed by atoms with van der Waals surface area (Å²) in [6.45, 7) is 8.24. The van der Waals surface area contributed by atoms with Gasteiger partial charge in [0.25, 0.3) is 0 Å². The SMILES string of the molecule is CCCCCCCCCCCCOc1ccc(C(=O)Oc2ccc(OC(=O)c3ccc(OCCCC)c(OCCCC)c3)cc2)cc1. The molecule has 0 aliphatic rings. The molecular weight excluding hydrogens is 592 g/mol. The summed E-state index contributed by atoms with van der Waals surface area (Å²) in [6.07, 6.45) is 16.7. The molecule has 0 aliphatic heterocycles. The van der Waals surface area contributed by atoms with Crippen molar-refractivity contribution in [1.29, 1.82) is 0 Å². The first-order valence-electron chi connectivity index (χ1n) is 17.7. The van der Waals surface area contributed by atoms with E-state index in [0.717, 1.165) is 37.9 Å². The van der Waals surface area contributed by atoms with E-state index in [1.807, 2.05) is 0 Å². The number of esters is 2. The largest absolute Gasteiger partial charge is 0.494 e. The predicted octanol–water partition coefficient (Wildman–Crippen LogP) is 10.8. The van der Waals surface area contributed by atoms with Crippen LogP contribution < -0.4 is 23.7 Å². The minimum absolute atomic E-state index is 0.329. The summed E-state index contributed by atoms with van der Waals surface area (Å²) in [5.41, 5.74) is 0.775. The van der Waals surface area contributed by atoms with Crippen LogP contribution in [-0.4, -0.2) is 31.8 Å². The number of hydrogen-bond donors (Lipinski definition) is 0. The van der Waals surface area contributed by atoms with Crippen LogP contribution in [0.1, 0.15) is 131 Å². The van der Waals surface area contributed by atoms with E-state index in [1.54, 1.807) is 66.7 Å². The Morgan fingerprint density at radius 2 is 0.851 bits per heavy atom. The van der Waals surface area contributed by atoms with Gasteiger partial charge < -0.3 is 23.7 Å². The molecule has 0 atom stereocenters. The van der Waals surface area contributed by atoms with Gasteiger partial charge in [-0.05, 0) is 86.0 Å². The minimum atomic E-state index is -0.523. The van der Waals surface area contributed by atoms with Crippen LogP contribution in [0.15, 0.2) is 66.7 Å². The summed E-state index contributed by atoms with van der Waals surface area (Å²) in [4.78, 5) is 25.6. The molecule has 0 aliphatic carbocycles. The van der Waals surface area contributed by atoms with Crippen molar-refractivity contribution in [3.8, 4) is 28.7 Å². The van der Waals surface area contributed by atoms with Gasteiger partial charge in [0.2, 0.25) is 0 Å². The zero-order valence-electron chi connectivity index (χ0n) is 28.7. The van der Waals surface area contributed by atoms with Gasteiger partial charge in [-0.15, -0.1) is 0 Å². The Morgan fingerprint density at radius 3 is 1.40 bits per heavy atom. The molecule has 0 fully saturated rings. The lowest BCUT2D eigenvalue weighted by Gasteiger charge is -2.14. The van der Waals surface area contributed by atoms with E-state index in [0.29, 0.717) is 53.9 Å². The van der Waals surface area contributed by atoms with Gasteiger partial charge in [0.1, 0.15) is 17.2 Å². The second kappa shape index (κ2) is 22.5. The van der Waals surface area contributed by atoms with E-state index in [2.05, 4.69) is 20.8 Å². The third kappa shape index (κ3) is 14.5. The van der Waals surface area contributed by atoms with Crippen molar-refractivity contribution in [3.63, 3.8) is 0 Å². The first kappa shape index (κ1) is 37.5. The molecule has 3 aromatic carbocycles. The molecule has 0 aromatic heterocycles. The number of unbranched alkanes of at least 4 members (excludes halogenated alkanes) is 11. The van der Waals surface area contributed by atoms with Crippen LogP contribution in [0.3, 0.4) is 0 Å². The normalized spacial score (nSPS) is 10.8. The number of carbonyl (C=O) groups excluding carboxylic acids is 2. The smallest absolute Gasteiger partial charge is 0.343 e. The Balaban J connectivity index is 1.41. The average molecular weight is 647 g/mol. The molecule has 3 rings (SSSR count). The van der Waals surface area contributed by atoms with E-state index >= 15 is 0 Å². The summed E-state index contributed by atoms with van der Waals surface area (Å²) < 4.78 is 28.7. The maximum absolute atomic E-state index is 12.9. The van der Waals surface area contributed by atoms with Gasteiger partial charge in [-0.25, -0.2) is 9.59 Å². The summed E-state index contributed by atoms with van der Waals surface area (Å²) >= 11 is 0. The molecule has 0 saturated carbocycles. The molecule has 0 amide bonds. The van der Waals surface area contributed by atoms with E-state index in [1.165, 1.54) is 57.8 Å². The van der Waals surface area contributed by atoms with E-state index < -0.39 is 11.9 Å². The molecule has 0 saturated heterocycles. The van der Waals surface area contributed by atoms with Gasteiger partial charge in [0.05, 0.1) is 30.9 Å². The Labute approximate surface area is 281 Å². The van der Waals surface area contributed by atoms with Crippen molar-refractivity contribution in [1.82, 2.24) is 0 Å². The number of carbonyl (C=O) groups is 2. The van der Waals surface area contributed by atoms with Gasteiger partial charge in [-0.2, -0.15) is 0 Å². The van der Waals surface area contributed by atoms with E-state index in [-0.39, 0.29) is 0 Å². The predicted molar refractivity (Wildman–Crippen MR) is 187 cm³/mol. The molecule has 7 nitrogen and oxygen atoms in total. The number of hydrogen-bond acceptors (Lipinski definition) is 7. The molecule has 0 radical (unpaired) electrons. The van der Waals surface area contributed by atoms with Crippen molar-refractivity contribution in [2.75, 3.05) is 19.8 Å². The standard InChI is InChI=1S/C40H54O7/c1-4-7-10-11-12-13-14-15-16-17-30-43-34-21-18-32(19-22-34)39(41)46-35-23-25-36(26-24-35)47-40(42)33-20-27-37(44-28-8-5-2)38(31-33)45-29-9-6-3/h18-27,31H,4-17,28-30H2,1-3H3. The van der Waals surface area contributed by atoms with E-state index in [4.69, 9.17) is 23.7 Å². The Morgan fingerprint density at radius 1 is 0.426 bits per heavy atom. The topological polar surface area (TPSA) is 80.3 Å². The maximum atomic E-state index is 12.9. The number of rotatable bonds is 24. The third-order valence-electron chi connectivity index (χ3n) is 7.79. The maximum Gasteiger partial charge on any atom is 0.343 e. The van der Waals surface area contributed by atoms with Crippen LogP contribution in [0.5, 0.6) is 28.7 Å². The molecule has 0 unspecified atom stereocenters. The quantitative estimate of drug-likeness (QED) is 0.0544. The fourth-order valence-electron chi connectivity index (χ4n) is 4.89. The molecule has 0 bridgehead atoms. The molecular formula is C40H54O7. The first-order chi connectivity index (χ1) is 23.0. The molecule has 7 heteroatoms. The van der Waals surface area contributed by atoms with Gasteiger partial charge in [-0.1, -0.05) is 91.4 Å². The third-order valence-corrected chi connectivity index (χ3v) is 7.79. The van der Waals surface area contributed by atoms with Crippen LogP contribution >= 0.6 is 0 Å². The molecule has 0 heterocycles. The lowest BCUT2D eigenvalue weighted by atomic mass is 10.1. The van der Waals surface area contributed by atoms with Crippen LogP contribution in [-0.2, 0) is 0 Å². The van der Waals surface area contributed by atoms with Crippen molar-refractivity contribution >= 4 is 11.9 Å². The summed E-state index contributed by atoms with van der Waals surface area (Å²) in [5.74, 6) is 1.55. The summed E-state index contributed by atoms with van der Waals surface area (Å²) in [7, 11) is 0. The zero-order chi connectivity index (χ0) is 33.5. The molecule has 3 aromatic rings. The van der Waals surface area contributed by atoms with Crippen LogP contribution in [0, 0.1) is 0 Å². The second-order valence-corrected chi connectivity index (χ2v) is 11.9. The van der Waals surface area contributed by atoms with Gasteiger partial charge >= 0.3 is 11.9 Å². The van der Waals surface area contributed by atoms with Crippen molar-refractivity contribution in [2.45, 2.75) is 111 Å². The monoisotopic (exact) mass is 646 g/mol. The highest BCUT2D eigenvalue weighted by molar-refractivity contribution is 5.92. The fraction of sp³-hybridized carbons (Fsp3) is 0.500. The summed E-state index contributed by atoms with van der Waals surface area (Å²) in [6, 6.07) is 18.4. The second-order valence-electron chi connectivity index (χ2n) is 11.9.